The van der Waals surface area contributed by atoms with E-state index in [9.17, 15) is 9.50 Å². The molecule has 1 aromatic heterocycles. The van der Waals surface area contributed by atoms with Crippen LogP contribution in [0.15, 0.2) is 54.6 Å². The molecule has 0 aliphatic rings. The quantitative estimate of drug-likeness (QED) is 0.767. The van der Waals surface area contributed by atoms with E-state index in [0.29, 0.717) is 12.0 Å². The molecule has 1 atom stereocenters. The van der Waals surface area contributed by atoms with Crippen molar-refractivity contribution in [2.75, 3.05) is 0 Å². The fourth-order valence-electron chi connectivity index (χ4n) is 2.42. The highest BCUT2D eigenvalue weighted by Crippen LogP contribution is 2.30. The molecule has 3 rings (SSSR count). The molecule has 3 aromatic rings. The Morgan fingerprint density at radius 1 is 1.09 bits per heavy atom. The van der Waals surface area contributed by atoms with Gasteiger partial charge in [-0.05, 0) is 13.0 Å². The molecule has 0 amide bonds. The fraction of sp³-hybridized carbons (Fsp3) is 0.167. The Morgan fingerprint density at radius 2 is 1.77 bits per heavy atom. The van der Waals surface area contributed by atoms with Crippen LogP contribution >= 0.6 is 11.3 Å². The molecule has 1 unspecified atom stereocenters. The Kier molecular flexibility index (Phi) is 4.32. The van der Waals surface area contributed by atoms with E-state index >= 15 is 0 Å². The van der Waals surface area contributed by atoms with Gasteiger partial charge in [-0.3, -0.25) is 0 Å². The number of hydrogen-bond donors (Lipinski definition) is 1. The molecule has 1 N–H and O–H groups in total. The molecule has 2 nitrogen and oxygen atoms in total. The Hall–Kier alpha value is -2.04. The molecular weight excluding hydrogens is 297 g/mol. The first-order valence-corrected chi connectivity index (χ1v) is 7.91. The number of aliphatic hydroxyl groups excluding tert-OH is 1. The summed E-state index contributed by atoms with van der Waals surface area (Å²) >= 11 is 1.54. The first-order valence-electron chi connectivity index (χ1n) is 7.09. The number of nitrogens with zero attached hydrogens (tertiary/aromatic N) is 1. The van der Waals surface area contributed by atoms with Crippen molar-refractivity contribution in [1.29, 1.82) is 0 Å². The van der Waals surface area contributed by atoms with Gasteiger partial charge in [0.1, 0.15) is 5.82 Å². The average Bonchev–Trinajstić information content (AvgIpc) is 2.89. The van der Waals surface area contributed by atoms with Gasteiger partial charge >= 0.3 is 0 Å². The molecule has 4 heteroatoms. The van der Waals surface area contributed by atoms with Crippen molar-refractivity contribution >= 4 is 11.3 Å². The maximum absolute atomic E-state index is 13.7. The van der Waals surface area contributed by atoms with Crippen LogP contribution in [0.3, 0.4) is 0 Å². The van der Waals surface area contributed by atoms with Crippen LogP contribution in [0.1, 0.15) is 21.6 Å². The lowest BCUT2D eigenvalue weighted by Crippen LogP contribution is -2.04. The van der Waals surface area contributed by atoms with Crippen LogP contribution in [0, 0.1) is 12.7 Å². The molecule has 0 spiro atoms. The SMILES string of the molecule is Cc1sc(CC(O)c2ccccc2F)nc1-c1ccccc1. The molecular formula is C18H16FNOS. The van der Waals surface area contributed by atoms with Crippen LogP contribution in [0.2, 0.25) is 0 Å². The lowest BCUT2D eigenvalue weighted by Gasteiger charge is -2.09. The van der Waals surface area contributed by atoms with Crippen molar-refractivity contribution in [2.45, 2.75) is 19.4 Å². The molecule has 0 radical (unpaired) electrons. The van der Waals surface area contributed by atoms with E-state index in [1.165, 1.54) is 6.07 Å². The molecule has 22 heavy (non-hydrogen) atoms. The zero-order chi connectivity index (χ0) is 15.5. The third-order valence-corrected chi connectivity index (χ3v) is 4.51. The first-order chi connectivity index (χ1) is 10.6. The second kappa shape index (κ2) is 6.38. The Bertz CT molecular complexity index is 770. The average molecular weight is 313 g/mol. The summed E-state index contributed by atoms with van der Waals surface area (Å²) in [5.41, 5.74) is 2.31. The summed E-state index contributed by atoms with van der Waals surface area (Å²) in [5.74, 6) is -0.383. The number of hydrogen-bond acceptors (Lipinski definition) is 3. The summed E-state index contributed by atoms with van der Waals surface area (Å²) in [6, 6.07) is 16.3. The van der Waals surface area contributed by atoms with Crippen LogP contribution in [-0.4, -0.2) is 10.1 Å². The maximum Gasteiger partial charge on any atom is 0.129 e. The van der Waals surface area contributed by atoms with E-state index in [1.807, 2.05) is 37.3 Å². The molecule has 2 aromatic carbocycles. The van der Waals surface area contributed by atoms with Gasteiger partial charge in [0.25, 0.3) is 0 Å². The van der Waals surface area contributed by atoms with Gasteiger partial charge in [0.05, 0.1) is 16.8 Å². The van der Waals surface area contributed by atoms with Crippen molar-refractivity contribution in [2.24, 2.45) is 0 Å². The molecule has 112 valence electrons. The largest absolute Gasteiger partial charge is 0.388 e. The smallest absolute Gasteiger partial charge is 0.129 e. The van der Waals surface area contributed by atoms with E-state index in [2.05, 4.69) is 4.98 Å². The normalized spacial score (nSPS) is 12.3. The van der Waals surface area contributed by atoms with Gasteiger partial charge < -0.3 is 5.11 Å². The van der Waals surface area contributed by atoms with Gasteiger partial charge in [-0.15, -0.1) is 11.3 Å². The number of rotatable bonds is 4. The summed E-state index contributed by atoms with van der Waals surface area (Å²) in [4.78, 5) is 5.71. The topological polar surface area (TPSA) is 33.1 Å². The monoisotopic (exact) mass is 313 g/mol. The fourth-order valence-corrected chi connectivity index (χ4v) is 3.41. The minimum atomic E-state index is -0.879. The summed E-state index contributed by atoms with van der Waals surface area (Å²) in [7, 11) is 0. The number of halogens is 1. The highest BCUT2D eigenvalue weighted by Gasteiger charge is 2.17. The van der Waals surface area contributed by atoms with Crippen molar-refractivity contribution < 1.29 is 9.50 Å². The standard InChI is InChI=1S/C18H16FNOS/c1-12-18(13-7-3-2-4-8-13)20-17(22-12)11-16(21)14-9-5-6-10-15(14)19/h2-10,16,21H,11H2,1H3. The molecule has 0 saturated carbocycles. The predicted octanol–water partition coefficient (Wildman–Crippen LogP) is 4.53. The summed E-state index contributed by atoms with van der Waals surface area (Å²) in [6.45, 7) is 2.01. The zero-order valence-corrected chi connectivity index (χ0v) is 13.0. The second-order valence-electron chi connectivity index (χ2n) is 5.12. The Labute approximate surface area is 132 Å². The summed E-state index contributed by atoms with van der Waals surface area (Å²) in [6.07, 6.45) is -0.561. The van der Waals surface area contributed by atoms with Crippen LogP contribution in [0.4, 0.5) is 4.39 Å². The van der Waals surface area contributed by atoms with Crippen LogP contribution in [0.5, 0.6) is 0 Å². The van der Waals surface area contributed by atoms with Gasteiger partial charge in [-0.25, -0.2) is 9.37 Å². The predicted molar refractivity (Wildman–Crippen MR) is 87.4 cm³/mol. The van der Waals surface area contributed by atoms with Crippen LogP contribution in [-0.2, 0) is 6.42 Å². The second-order valence-corrected chi connectivity index (χ2v) is 6.41. The van der Waals surface area contributed by atoms with Crippen molar-refractivity contribution in [3.63, 3.8) is 0 Å². The number of aromatic nitrogens is 1. The van der Waals surface area contributed by atoms with Crippen molar-refractivity contribution in [3.8, 4) is 11.3 Å². The van der Waals surface area contributed by atoms with E-state index in [1.54, 1.807) is 29.5 Å². The number of thiazole rings is 1. The van der Waals surface area contributed by atoms with Gasteiger partial charge in [-0.2, -0.15) is 0 Å². The van der Waals surface area contributed by atoms with Gasteiger partial charge in [-0.1, -0.05) is 48.5 Å². The zero-order valence-electron chi connectivity index (χ0n) is 12.2. The van der Waals surface area contributed by atoms with E-state index in [4.69, 9.17) is 0 Å². The number of aliphatic hydroxyl groups is 1. The van der Waals surface area contributed by atoms with E-state index < -0.39 is 6.10 Å². The molecule has 0 bridgehead atoms. The molecule has 0 aliphatic carbocycles. The lowest BCUT2D eigenvalue weighted by molar-refractivity contribution is 0.173. The third kappa shape index (κ3) is 3.08. The molecule has 0 fully saturated rings. The first kappa shape index (κ1) is 14.9. The molecule has 0 saturated heterocycles. The maximum atomic E-state index is 13.7. The number of benzene rings is 2. The van der Waals surface area contributed by atoms with Gasteiger partial charge in [0, 0.05) is 22.4 Å². The number of aryl methyl sites for hydroxylation is 1. The Morgan fingerprint density at radius 3 is 2.50 bits per heavy atom. The van der Waals surface area contributed by atoms with Crippen LogP contribution < -0.4 is 0 Å². The third-order valence-electron chi connectivity index (χ3n) is 3.52. The van der Waals surface area contributed by atoms with Crippen LogP contribution in [0.25, 0.3) is 11.3 Å². The Balaban J connectivity index is 1.84. The van der Waals surface area contributed by atoms with Crippen molar-refractivity contribution in [3.05, 3.63) is 75.9 Å². The minimum Gasteiger partial charge on any atom is -0.388 e. The molecule has 1 heterocycles. The highest BCUT2D eigenvalue weighted by atomic mass is 32.1. The van der Waals surface area contributed by atoms with Gasteiger partial charge in [0.2, 0.25) is 0 Å². The van der Waals surface area contributed by atoms with Crippen molar-refractivity contribution in [1.82, 2.24) is 4.98 Å². The summed E-state index contributed by atoms with van der Waals surface area (Å²) < 4.78 is 13.7. The lowest BCUT2D eigenvalue weighted by atomic mass is 10.1. The summed E-state index contributed by atoms with van der Waals surface area (Å²) in [5, 5.41) is 11.1. The molecule has 0 aliphatic heterocycles. The minimum absolute atomic E-state index is 0.316. The highest BCUT2D eigenvalue weighted by molar-refractivity contribution is 7.12. The van der Waals surface area contributed by atoms with E-state index in [-0.39, 0.29) is 5.82 Å². The van der Waals surface area contributed by atoms with Gasteiger partial charge in [0.15, 0.2) is 0 Å². The van der Waals surface area contributed by atoms with E-state index in [0.717, 1.165) is 21.1 Å².